The van der Waals surface area contributed by atoms with E-state index in [-0.39, 0.29) is 0 Å². The molecule has 0 spiro atoms. The lowest BCUT2D eigenvalue weighted by Gasteiger charge is -1.98. The van der Waals surface area contributed by atoms with Crippen molar-refractivity contribution >= 4 is 5.78 Å². The van der Waals surface area contributed by atoms with Crippen molar-refractivity contribution in [3.05, 3.63) is 0 Å². The van der Waals surface area contributed by atoms with E-state index in [1.807, 2.05) is 0 Å². The summed E-state index contributed by atoms with van der Waals surface area (Å²) in [7, 11) is 0. The Kier molecular flexibility index (Phi) is 4.47. The summed E-state index contributed by atoms with van der Waals surface area (Å²) in [5, 5.41) is 0. The van der Waals surface area contributed by atoms with Gasteiger partial charge in [0.25, 0.3) is 0 Å². The van der Waals surface area contributed by atoms with Crippen LogP contribution in [-0.4, -0.2) is 5.78 Å². The van der Waals surface area contributed by atoms with E-state index in [4.69, 9.17) is 0 Å². The van der Waals surface area contributed by atoms with E-state index in [9.17, 15) is 4.79 Å². The second-order valence-corrected chi connectivity index (χ2v) is 4.42. The van der Waals surface area contributed by atoms with Gasteiger partial charge in [0.2, 0.25) is 0 Å². The molecule has 1 nitrogen and oxygen atoms in total. The molecule has 2 atom stereocenters. The Morgan fingerprint density at radius 1 is 1.23 bits per heavy atom. The third-order valence-corrected chi connectivity index (χ3v) is 3.12. The molecule has 13 heavy (non-hydrogen) atoms. The lowest BCUT2D eigenvalue weighted by atomic mass is 10.1. The van der Waals surface area contributed by atoms with Gasteiger partial charge in [0.15, 0.2) is 0 Å². The number of Topliss-reactive ketones (excluding diaryl/α,β-unsaturated/α-hetero) is 1. The van der Waals surface area contributed by atoms with Gasteiger partial charge in [0.1, 0.15) is 5.78 Å². The van der Waals surface area contributed by atoms with E-state index in [1.165, 1.54) is 44.9 Å². The van der Waals surface area contributed by atoms with E-state index in [0.29, 0.717) is 11.7 Å². The maximum absolute atomic E-state index is 11.0. The average molecular weight is 182 g/mol. The minimum atomic E-state index is 0.415. The van der Waals surface area contributed by atoms with Crippen LogP contribution in [0.4, 0.5) is 0 Å². The molecule has 0 heterocycles. The normalized spacial score (nSPS) is 26.0. The van der Waals surface area contributed by atoms with Gasteiger partial charge in [-0.05, 0) is 25.7 Å². The van der Waals surface area contributed by atoms with Crippen molar-refractivity contribution in [1.82, 2.24) is 0 Å². The minimum absolute atomic E-state index is 0.415. The van der Waals surface area contributed by atoms with Crippen molar-refractivity contribution in [2.75, 3.05) is 0 Å². The molecule has 0 radical (unpaired) electrons. The van der Waals surface area contributed by atoms with Gasteiger partial charge in [-0.25, -0.2) is 0 Å². The van der Waals surface area contributed by atoms with Crippen LogP contribution in [0.3, 0.4) is 0 Å². The second-order valence-electron chi connectivity index (χ2n) is 4.42. The van der Waals surface area contributed by atoms with Crippen LogP contribution in [0.15, 0.2) is 0 Å². The fourth-order valence-corrected chi connectivity index (χ4v) is 2.07. The summed E-state index contributed by atoms with van der Waals surface area (Å²) in [6, 6.07) is 0. The monoisotopic (exact) mass is 182 g/mol. The van der Waals surface area contributed by atoms with Crippen LogP contribution < -0.4 is 0 Å². The van der Waals surface area contributed by atoms with Gasteiger partial charge < -0.3 is 0 Å². The molecule has 1 fully saturated rings. The number of carbonyl (C=O) groups excluding carboxylic acids is 1. The fourth-order valence-electron chi connectivity index (χ4n) is 2.07. The number of hydrogen-bond acceptors (Lipinski definition) is 1. The van der Waals surface area contributed by atoms with Gasteiger partial charge in [-0.3, -0.25) is 4.79 Å². The molecule has 0 aromatic heterocycles. The van der Waals surface area contributed by atoms with Crippen molar-refractivity contribution in [1.29, 1.82) is 0 Å². The second kappa shape index (κ2) is 5.41. The third kappa shape index (κ3) is 3.93. The smallest absolute Gasteiger partial charge is 0.133 e. The van der Waals surface area contributed by atoms with Crippen molar-refractivity contribution in [3.8, 4) is 0 Å². The summed E-state index contributed by atoms with van der Waals surface area (Å²) < 4.78 is 0. The Bertz CT molecular complexity index is 163. The van der Waals surface area contributed by atoms with Crippen LogP contribution in [0.25, 0.3) is 0 Å². The first-order chi connectivity index (χ1) is 6.25. The zero-order chi connectivity index (χ0) is 9.68. The minimum Gasteiger partial charge on any atom is -0.300 e. The van der Waals surface area contributed by atoms with Crippen LogP contribution in [0.5, 0.6) is 0 Å². The Morgan fingerprint density at radius 2 is 1.92 bits per heavy atom. The van der Waals surface area contributed by atoms with E-state index in [1.54, 1.807) is 6.92 Å². The molecule has 0 aliphatic heterocycles. The largest absolute Gasteiger partial charge is 0.300 e. The van der Waals surface area contributed by atoms with Crippen LogP contribution in [0.1, 0.15) is 58.8 Å². The lowest BCUT2D eigenvalue weighted by Crippen LogP contribution is -1.95. The molecule has 0 saturated heterocycles. The molecule has 0 aromatic rings. The summed E-state index contributed by atoms with van der Waals surface area (Å²) in [6.07, 6.45) is 9.27. The highest BCUT2D eigenvalue weighted by molar-refractivity contribution is 5.81. The molecule has 0 amide bonds. The summed E-state index contributed by atoms with van der Waals surface area (Å²) in [6.45, 7) is 3.98. The highest BCUT2D eigenvalue weighted by Gasteiger charge is 2.39. The zero-order valence-electron chi connectivity index (χ0n) is 9.01. The van der Waals surface area contributed by atoms with Crippen molar-refractivity contribution in [3.63, 3.8) is 0 Å². The standard InChI is InChI=1S/C12H22O/c1-3-4-5-6-7-8-11-9-12(11)10(2)13/h11-12H,3-9H2,1-2H3. The molecule has 2 unspecified atom stereocenters. The molecule has 0 N–H and O–H groups in total. The maximum Gasteiger partial charge on any atom is 0.133 e. The molecule has 1 heteroatoms. The molecular formula is C12H22O. The quantitative estimate of drug-likeness (QED) is 0.550. The molecule has 1 aliphatic carbocycles. The average Bonchev–Trinajstić information content (AvgIpc) is 2.83. The topological polar surface area (TPSA) is 17.1 Å². The zero-order valence-corrected chi connectivity index (χ0v) is 9.01. The van der Waals surface area contributed by atoms with Crippen LogP contribution >= 0.6 is 0 Å². The van der Waals surface area contributed by atoms with Crippen molar-refractivity contribution in [2.24, 2.45) is 11.8 Å². The first-order valence-electron chi connectivity index (χ1n) is 5.76. The maximum atomic E-state index is 11.0. The molecule has 1 saturated carbocycles. The van der Waals surface area contributed by atoms with Gasteiger partial charge in [-0.15, -0.1) is 0 Å². The summed E-state index contributed by atoms with van der Waals surface area (Å²) in [4.78, 5) is 11.0. The molecule has 1 rings (SSSR count). The van der Waals surface area contributed by atoms with Gasteiger partial charge in [-0.2, -0.15) is 0 Å². The van der Waals surface area contributed by atoms with Crippen molar-refractivity contribution in [2.45, 2.75) is 58.8 Å². The molecule has 1 aliphatic rings. The van der Waals surface area contributed by atoms with E-state index < -0.39 is 0 Å². The number of rotatable bonds is 7. The molecule has 0 bridgehead atoms. The van der Waals surface area contributed by atoms with E-state index in [2.05, 4.69) is 6.92 Å². The highest BCUT2D eigenvalue weighted by atomic mass is 16.1. The van der Waals surface area contributed by atoms with Gasteiger partial charge in [-0.1, -0.05) is 39.0 Å². The predicted octanol–water partition coefficient (Wildman–Crippen LogP) is 3.57. The fraction of sp³-hybridized carbons (Fsp3) is 0.917. The van der Waals surface area contributed by atoms with Crippen LogP contribution in [-0.2, 0) is 4.79 Å². The SMILES string of the molecule is CCCCCCCC1CC1C(C)=O. The number of carbonyl (C=O) groups is 1. The van der Waals surface area contributed by atoms with Crippen LogP contribution in [0.2, 0.25) is 0 Å². The Labute approximate surface area is 81.9 Å². The summed E-state index contributed by atoms with van der Waals surface area (Å²) >= 11 is 0. The predicted molar refractivity (Wildman–Crippen MR) is 55.7 cm³/mol. The highest BCUT2D eigenvalue weighted by Crippen LogP contribution is 2.42. The number of hydrogen-bond donors (Lipinski definition) is 0. The summed E-state index contributed by atoms with van der Waals surface area (Å²) in [5.74, 6) is 1.63. The van der Waals surface area contributed by atoms with Gasteiger partial charge in [0.05, 0.1) is 0 Å². The van der Waals surface area contributed by atoms with Gasteiger partial charge >= 0.3 is 0 Å². The lowest BCUT2D eigenvalue weighted by molar-refractivity contribution is -0.118. The number of unbranched alkanes of at least 4 members (excludes halogenated alkanes) is 4. The van der Waals surface area contributed by atoms with E-state index in [0.717, 1.165) is 5.92 Å². The van der Waals surface area contributed by atoms with Gasteiger partial charge in [0, 0.05) is 5.92 Å². The molecule has 0 aromatic carbocycles. The Hall–Kier alpha value is -0.330. The summed E-state index contributed by atoms with van der Waals surface area (Å²) in [5.41, 5.74) is 0. The van der Waals surface area contributed by atoms with Crippen LogP contribution in [0, 0.1) is 11.8 Å². The first-order valence-corrected chi connectivity index (χ1v) is 5.76. The van der Waals surface area contributed by atoms with Crippen molar-refractivity contribution < 1.29 is 4.79 Å². The third-order valence-electron chi connectivity index (χ3n) is 3.12. The number of ketones is 1. The molecular weight excluding hydrogens is 160 g/mol. The Balaban J connectivity index is 1.88. The molecule has 76 valence electrons. The van der Waals surface area contributed by atoms with E-state index >= 15 is 0 Å². The first kappa shape index (κ1) is 10.7. The Morgan fingerprint density at radius 3 is 2.46 bits per heavy atom.